The predicted molar refractivity (Wildman–Crippen MR) is 97.6 cm³/mol. The maximum absolute atomic E-state index is 12.9. The van der Waals surface area contributed by atoms with Crippen molar-refractivity contribution in [1.82, 2.24) is 19.3 Å². The van der Waals surface area contributed by atoms with Crippen molar-refractivity contribution in [3.8, 4) is 0 Å². The van der Waals surface area contributed by atoms with Crippen LogP contribution in [0.15, 0.2) is 29.2 Å². The van der Waals surface area contributed by atoms with Gasteiger partial charge in [0.25, 0.3) is 11.5 Å². The standard InChI is InChI=1S/C18H22N4O4/c1-12-5-3-7-22-15(12)20-16-13(18(22)25)11-14(17(24)19-6-9-23)21(16)8-4-10-26-2/h3,5,7,11,23H,4,6,8-10H2,1-2H3,(H,19,24). The number of ether oxygens (including phenoxy) is 1. The summed E-state index contributed by atoms with van der Waals surface area (Å²) >= 11 is 0. The molecular formula is C18H22N4O4. The Labute approximate surface area is 150 Å². The number of carbonyl (C=O) groups excluding carboxylic acids is 1. The topological polar surface area (TPSA) is 97.9 Å². The molecule has 0 aliphatic rings. The summed E-state index contributed by atoms with van der Waals surface area (Å²) in [5, 5.41) is 12.0. The van der Waals surface area contributed by atoms with Crippen LogP contribution in [0.4, 0.5) is 0 Å². The van der Waals surface area contributed by atoms with E-state index in [2.05, 4.69) is 10.3 Å². The number of hydrogen-bond donors (Lipinski definition) is 2. The zero-order valence-electron chi connectivity index (χ0n) is 14.9. The number of aryl methyl sites for hydroxylation is 2. The fourth-order valence-electron chi connectivity index (χ4n) is 3.00. The molecule has 8 nitrogen and oxygen atoms in total. The van der Waals surface area contributed by atoms with E-state index in [9.17, 15) is 9.59 Å². The second-order valence-electron chi connectivity index (χ2n) is 6.05. The van der Waals surface area contributed by atoms with Crippen LogP contribution in [0.1, 0.15) is 22.5 Å². The Morgan fingerprint density at radius 2 is 2.19 bits per heavy atom. The summed E-state index contributed by atoms with van der Waals surface area (Å²) < 4.78 is 8.33. The fourth-order valence-corrected chi connectivity index (χ4v) is 3.00. The van der Waals surface area contributed by atoms with Gasteiger partial charge in [0.1, 0.15) is 17.0 Å². The highest BCUT2D eigenvalue weighted by atomic mass is 16.5. The van der Waals surface area contributed by atoms with Gasteiger partial charge in [0.05, 0.1) is 12.0 Å². The summed E-state index contributed by atoms with van der Waals surface area (Å²) in [6.07, 6.45) is 2.35. The summed E-state index contributed by atoms with van der Waals surface area (Å²) in [6, 6.07) is 5.25. The summed E-state index contributed by atoms with van der Waals surface area (Å²) in [5.41, 5.74) is 2.06. The van der Waals surface area contributed by atoms with Crippen LogP contribution in [-0.4, -0.2) is 51.8 Å². The monoisotopic (exact) mass is 358 g/mol. The Balaban J connectivity index is 2.22. The van der Waals surface area contributed by atoms with Crippen molar-refractivity contribution in [2.75, 3.05) is 26.9 Å². The Bertz CT molecular complexity index is 1010. The number of nitrogens with zero attached hydrogens (tertiary/aromatic N) is 3. The van der Waals surface area contributed by atoms with Crippen LogP contribution < -0.4 is 10.9 Å². The Morgan fingerprint density at radius 1 is 1.38 bits per heavy atom. The molecule has 8 heteroatoms. The van der Waals surface area contributed by atoms with Gasteiger partial charge in [-0.15, -0.1) is 0 Å². The smallest absolute Gasteiger partial charge is 0.268 e. The largest absolute Gasteiger partial charge is 0.395 e. The van der Waals surface area contributed by atoms with Gasteiger partial charge in [-0.1, -0.05) is 6.07 Å². The van der Waals surface area contributed by atoms with Gasteiger partial charge < -0.3 is 19.7 Å². The minimum absolute atomic E-state index is 0.145. The van der Waals surface area contributed by atoms with Crippen LogP contribution in [0, 0.1) is 6.92 Å². The molecule has 0 bridgehead atoms. The summed E-state index contributed by atoms with van der Waals surface area (Å²) in [7, 11) is 1.62. The first-order valence-corrected chi connectivity index (χ1v) is 8.47. The summed E-state index contributed by atoms with van der Waals surface area (Å²) in [5.74, 6) is -0.348. The molecule has 26 heavy (non-hydrogen) atoms. The van der Waals surface area contributed by atoms with Crippen LogP contribution in [0.25, 0.3) is 16.7 Å². The average Bonchev–Trinajstić information content (AvgIpc) is 3.00. The van der Waals surface area contributed by atoms with Gasteiger partial charge in [-0.3, -0.25) is 14.0 Å². The van der Waals surface area contributed by atoms with Crippen molar-refractivity contribution in [3.63, 3.8) is 0 Å². The zero-order valence-corrected chi connectivity index (χ0v) is 14.9. The SMILES string of the molecule is COCCCn1c(C(=O)NCCO)cc2c(=O)n3cccc(C)c3nc21. The number of aliphatic hydroxyl groups excluding tert-OH is 1. The van der Waals surface area contributed by atoms with E-state index < -0.39 is 0 Å². The van der Waals surface area contributed by atoms with E-state index in [1.807, 2.05) is 13.0 Å². The van der Waals surface area contributed by atoms with E-state index in [0.717, 1.165) is 5.56 Å². The van der Waals surface area contributed by atoms with E-state index in [1.165, 1.54) is 4.40 Å². The molecule has 0 aliphatic heterocycles. The maximum atomic E-state index is 12.9. The molecule has 0 spiro atoms. The van der Waals surface area contributed by atoms with Gasteiger partial charge in [0, 0.05) is 33.0 Å². The fraction of sp³-hybridized carbons (Fsp3) is 0.389. The number of pyridine rings is 1. The number of methoxy groups -OCH3 is 1. The third kappa shape index (κ3) is 3.21. The highest BCUT2D eigenvalue weighted by Gasteiger charge is 2.19. The highest BCUT2D eigenvalue weighted by molar-refractivity contribution is 5.98. The van der Waals surface area contributed by atoms with Crippen LogP contribution in [0.3, 0.4) is 0 Å². The first kappa shape index (κ1) is 18.1. The Hall–Kier alpha value is -2.71. The van der Waals surface area contributed by atoms with E-state index in [0.29, 0.717) is 41.9 Å². The lowest BCUT2D eigenvalue weighted by atomic mass is 10.3. The number of carbonyl (C=O) groups is 1. The van der Waals surface area contributed by atoms with E-state index >= 15 is 0 Å². The van der Waals surface area contributed by atoms with Crippen molar-refractivity contribution >= 4 is 22.6 Å². The molecule has 0 atom stereocenters. The molecule has 3 rings (SSSR count). The van der Waals surface area contributed by atoms with Crippen molar-refractivity contribution < 1.29 is 14.6 Å². The molecule has 1 amide bonds. The molecule has 0 aromatic carbocycles. The molecule has 3 heterocycles. The van der Waals surface area contributed by atoms with Gasteiger partial charge in [-0.2, -0.15) is 0 Å². The maximum Gasteiger partial charge on any atom is 0.268 e. The number of aromatic nitrogens is 3. The number of aliphatic hydroxyl groups is 1. The van der Waals surface area contributed by atoms with Crippen LogP contribution >= 0.6 is 0 Å². The van der Waals surface area contributed by atoms with Gasteiger partial charge in [-0.05, 0) is 31.0 Å². The number of rotatable bonds is 7. The second kappa shape index (κ2) is 7.67. The van der Waals surface area contributed by atoms with Crippen LogP contribution in [0.2, 0.25) is 0 Å². The third-order valence-corrected chi connectivity index (χ3v) is 4.25. The molecular weight excluding hydrogens is 336 g/mol. The summed E-state index contributed by atoms with van der Waals surface area (Å²) in [4.78, 5) is 30.0. The third-order valence-electron chi connectivity index (χ3n) is 4.25. The molecule has 138 valence electrons. The molecule has 0 saturated heterocycles. The Morgan fingerprint density at radius 3 is 2.92 bits per heavy atom. The number of amides is 1. The normalized spacial score (nSPS) is 11.3. The average molecular weight is 358 g/mol. The number of fused-ring (bicyclic) bond motifs is 2. The lowest BCUT2D eigenvalue weighted by Gasteiger charge is -2.10. The predicted octanol–water partition coefficient (Wildman–Crippen LogP) is 0.716. The van der Waals surface area contributed by atoms with Crippen molar-refractivity contribution in [2.45, 2.75) is 19.9 Å². The minimum atomic E-state index is -0.348. The van der Waals surface area contributed by atoms with Gasteiger partial charge in [0.15, 0.2) is 0 Å². The van der Waals surface area contributed by atoms with Crippen molar-refractivity contribution in [1.29, 1.82) is 0 Å². The highest BCUT2D eigenvalue weighted by Crippen LogP contribution is 2.18. The van der Waals surface area contributed by atoms with Crippen molar-refractivity contribution in [3.05, 3.63) is 46.0 Å². The second-order valence-corrected chi connectivity index (χ2v) is 6.05. The zero-order chi connectivity index (χ0) is 18.7. The van der Waals surface area contributed by atoms with Crippen LogP contribution in [-0.2, 0) is 11.3 Å². The van der Waals surface area contributed by atoms with Gasteiger partial charge in [-0.25, -0.2) is 4.98 Å². The van der Waals surface area contributed by atoms with Crippen molar-refractivity contribution in [2.24, 2.45) is 0 Å². The summed E-state index contributed by atoms with van der Waals surface area (Å²) in [6.45, 7) is 2.91. The molecule has 0 unspecified atom stereocenters. The minimum Gasteiger partial charge on any atom is -0.395 e. The lowest BCUT2D eigenvalue weighted by molar-refractivity contribution is 0.0934. The number of hydrogen-bond acceptors (Lipinski definition) is 5. The first-order chi connectivity index (χ1) is 12.6. The molecule has 0 radical (unpaired) electrons. The quantitative estimate of drug-likeness (QED) is 0.607. The first-order valence-electron chi connectivity index (χ1n) is 8.47. The molecule has 0 saturated carbocycles. The molecule has 0 aliphatic carbocycles. The molecule has 0 fully saturated rings. The Kier molecular flexibility index (Phi) is 5.34. The molecule has 3 aromatic heterocycles. The molecule has 3 aromatic rings. The van der Waals surface area contributed by atoms with Gasteiger partial charge in [0.2, 0.25) is 0 Å². The lowest BCUT2D eigenvalue weighted by Crippen LogP contribution is -2.28. The van der Waals surface area contributed by atoms with E-state index in [-0.39, 0.29) is 24.6 Å². The van der Waals surface area contributed by atoms with Crippen LogP contribution in [0.5, 0.6) is 0 Å². The molecule has 2 N–H and O–H groups in total. The van der Waals surface area contributed by atoms with Gasteiger partial charge >= 0.3 is 0 Å². The van der Waals surface area contributed by atoms with E-state index in [4.69, 9.17) is 9.84 Å². The van der Waals surface area contributed by atoms with E-state index in [1.54, 1.807) is 30.0 Å². The number of nitrogens with one attached hydrogen (secondary N) is 1.